The van der Waals surface area contributed by atoms with Gasteiger partial charge in [0.05, 0.1) is 6.20 Å². The van der Waals surface area contributed by atoms with Gasteiger partial charge in [-0.25, -0.2) is 4.39 Å². The summed E-state index contributed by atoms with van der Waals surface area (Å²) in [6.45, 7) is 2.41. The summed E-state index contributed by atoms with van der Waals surface area (Å²) < 4.78 is 15.8. The number of nitrogens with zero attached hydrogens (tertiary/aromatic N) is 3. The molecule has 1 fully saturated rings. The highest BCUT2D eigenvalue weighted by atomic mass is 19.1. The minimum Gasteiger partial charge on any atom is -0.311 e. The van der Waals surface area contributed by atoms with Crippen LogP contribution in [0.15, 0.2) is 6.20 Å². The van der Waals surface area contributed by atoms with Crippen LogP contribution in [0.25, 0.3) is 0 Å². The molecule has 0 bridgehead atoms. The number of halogens is 1. The molecule has 1 N–H and O–H groups in total. The first-order valence-electron chi connectivity index (χ1n) is 4.89. The fourth-order valence-electron chi connectivity index (χ4n) is 1.74. The van der Waals surface area contributed by atoms with Crippen LogP contribution in [0.5, 0.6) is 0 Å². The van der Waals surface area contributed by atoms with E-state index in [1.165, 1.54) is 4.68 Å². The second-order valence-electron chi connectivity index (χ2n) is 4.06. The number of hydrogen-bond acceptors (Lipinski definition) is 3. The Kier molecular flexibility index (Phi) is 2.26. The van der Waals surface area contributed by atoms with Gasteiger partial charge in [-0.05, 0) is 19.8 Å². The predicted molar refractivity (Wildman–Crippen MR) is 50.5 cm³/mol. The van der Waals surface area contributed by atoms with Crippen LogP contribution >= 0.6 is 0 Å². The monoisotopic (exact) mass is 198 g/mol. The molecule has 0 amide bonds. The average Bonchev–Trinajstić information content (AvgIpc) is 2.58. The molecule has 5 heteroatoms. The third-order valence-corrected chi connectivity index (χ3v) is 2.77. The summed E-state index contributed by atoms with van der Waals surface area (Å²) in [7, 11) is 1.75. The normalized spacial score (nSPS) is 33.2. The van der Waals surface area contributed by atoms with Crippen LogP contribution in [0.2, 0.25) is 0 Å². The van der Waals surface area contributed by atoms with Gasteiger partial charge in [-0.15, -0.1) is 5.10 Å². The van der Waals surface area contributed by atoms with E-state index in [0.29, 0.717) is 24.7 Å². The summed E-state index contributed by atoms with van der Waals surface area (Å²) in [5.41, 5.74) is -0.889. The number of piperidine rings is 1. The van der Waals surface area contributed by atoms with Gasteiger partial charge >= 0.3 is 0 Å². The lowest BCUT2D eigenvalue weighted by atomic mass is 9.90. The molecule has 2 heterocycles. The van der Waals surface area contributed by atoms with E-state index >= 15 is 0 Å². The second kappa shape index (κ2) is 3.31. The summed E-state index contributed by atoms with van der Waals surface area (Å²) >= 11 is 0. The van der Waals surface area contributed by atoms with E-state index in [1.54, 1.807) is 13.2 Å². The van der Waals surface area contributed by atoms with Crippen molar-refractivity contribution in [3.05, 3.63) is 11.9 Å². The Hall–Kier alpha value is -0.970. The molecule has 78 valence electrons. The molecule has 2 atom stereocenters. The van der Waals surface area contributed by atoms with Crippen molar-refractivity contribution in [2.75, 3.05) is 6.54 Å². The van der Waals surface area contributed by atoms with E-state index in [-0.39, 0.29) is 0 Å². The Morgan fingerprint density at radius 1 is 1.71 bits per heavy atom. The molecule has 1 aliphatic heterocycles. The molecule has 14 heavy (non-hydrogen) atoms. The van der Waals surface area contributed by atoms with Crippen molar-refractivity contribution in [2.45, 2.75) is 31.5 Å². The van der Waals surface area contributed by atoms with Crippen LogP contribution in [-0.4, -0.2) is 27.6 Å². The predicted octanol–water partition coefficient (Wildman–Crippen LogP) is 0.752. The van der Waals surface area contributed by atoms with Crippen LogP contribution in [0, 0.1) is 0 Å². The van der Waals surface area contributed by atoms with Crippen LogP contribution in [0.3, 0.4) is 0 Å². The third kappa shape index (κ3) is 1.64. The van der Waals surface area contributed by atoms with Crippen LogP contribution in [-0.2, 0) is 12.7 Å². The molecule has 2 rings (SSSR count). The van der Waals surface area contributed by atoms with Gasteiger partial charge < -0.3 is 5.32 Å². The van der Waals surface area contributed by atoms with Crippen molar-refractivity contribution < 1.29 is 4.39 Å². The summed E-state index contributed by atoms with van der Waals surface area (Å²) in [5, 5.41) is 10.7. The van der Waals surface area contributed by atoms with Gasteiger partial charge in [-0.3, -0.25) is 4.68 Å². The summed E-state index contributed by atoms with van der Waals surface area (Å²) in [6.07, 6.45) is 3.02. The van der Waals surface area contributed by atoms with Gasteiger partial charge in [0.15, 0.2) is 5.67 Å². The summed E-state index contributed by atoms with van der Waals surface area (Å²) in [4.78, 5) is 0. The van der Waals surface area contributed by atoms with Gasteiger partial charge in [0.2, 0.25) is 0 Å². The summed E-state index contributed by atoms with van der Waals surface area (Å²) in [6, 6.07) is 0.399. The molecule has 0 saturated carbocycles. The molecule has 4 nitrogen and oxygen atoms in total. The maximum absolute atomic E-state index is 14.3. The topological polar surface area (TPSA) is 42.7 Å². The van der Waals surface area contributed by atoms with E-state index in [2.05, 4.69) is 22.6 Å². The smallest absolute Gasteiger partial charge is 0.168 e. The van der Waals surface area contributed by atoms with E-state index in [1.807, 2.05) is 0 Å². The number of aryl methyl sites for hydroxylation is 1. The molecule has 0 aliphatic carbocycles. The van der Waals surface area contributed by atoms with Gasteiger partial charge in [-0.2, -0.15) is 0 Å². The minimum atomic E-state index is -1.33. The maximum Gasteiger partial charge on any atom is 0.168 e. The van der Waals surface area contributed by atoms with Gasteiger partial charge in [0.1, 0.15) is 5.69 Å². The molecule has 2 unspecified atom stereocenters. The largest absolute Gasteiger partial charge is 0.311 e. The number of nitrogens with one attached hydrogen (secondary N) is 1. The van der Waals surface area contributed by atoms with Crippen molar-refractivity contribution >= 4 is 0 Å². The minimum absolute atomic E-state index is 0.340. The van der Waals surface area contributed by atoms with E-state index in [0.717, 1.165) is 6.42 Å². The average molecular weight is 198 g/mol. The molecular formula is C9H15FN4. The van der Waals surface area contributed by atoms with Crippen LogP contribution < -0.4 is 5.32 Å². The van der Waals surface area contributed by atoms with Gasteiger partial charge in [0, 0.05) is 19.6 Å². The highest BCUT2D eigenvalue weighted by molar-refractivity contribution is 5.10. The molecular weight excluding hydrogens is 183 g/mol. The zero-order valence-electron chi connectivity index (χ0n) is 8.50. The molecule has 1 aromatic heterocycles. The highest BCUT2D eigenvalue weighted by Crippen LogP contribution is 2.32. The lowest BCUT2D eigenvalue weighted by Crippen LogP contribution is -2.44. The van der Waals surface area contributed by atoms with Crippen molar-refractivity contribution in [1.82, 2.24) is 20.3 Å². The summed E-state index contributed by atoms with van der Waals surface area (Å²) in [5.74, 6) is 0. The van der Waals surface area contributed by atoms with Gasteiger partial charge in [0.25, 0.3) is 0 Å². The first kappa shape index (κ1) is 9.58. The standard InChI is InChI=1S/C9H15FN4/c1-7-3-4-9(10,6-11-7)8-5-14(2)13-12-8/h5,7,11H,3-4,6H2,1-2H3. The Bertz CT molecular complexity index is 314. The van der Waals surface area contributed by atoms with Crippen molar-refractivity contribution in [1.29, 1.82) is 0 Å². The van der Waals surface area contributed by atoms with E-state index in [9.17, 15) is 4.39 Å². The second-order valence-corrected chi connectivity index (χ2v) is 4.06. The molecule has 0 aromatic carbocycles. The van der Waals surface area contributed by atoms with E-state index < -0.39 is 5.67 Å². The Morgan fingerprint density at radius 2 is 2.50 bits per heavy atom. The molecule has 0 spiro atoms. The maximum atomic E-state index is 14.3. The fraction of sp³-hybridized carbons (Fsp3) is 0.778. The van der Waals surface area contributed by atoms with Gasteiger partial charge in [-0.1, -0.05) is 5.21 Å². The zero-order chi connectivity index (χ0) is 10.2. The lowest BCUT2D eigenvalue weighted by Gasteiger charge is -2.31. The first-order valence-corrected chi connectivity index (χ1v) is 4.89. The molecule has 1 aromatic rings. The van der Waals surface area contributed by atoms with Crippen molar-refractivity contribution in [3.63, 3.8) is 0 Å². The molecule has 1 saturated heterocycles. The van der Waals surface area contributed by atoms with E-state index in [4.69, 9.17) is 0 Å². The Labute approximate surface area is 82.5 Å². The quantitative estimate of drug-likeness (QED) is 0.724. The number of aromatic nitrogens is 3. The Morgan fingerprint density at radius 3 is 3.00 bits per heavy atom. The number of hydrogen-bond donors (Lipinski definition) is 1. The third-order valence-electron chi connectivity index (χ3n) is 2.77. The SMILES string of the molecule is CC1CCC(F)(c2cn(C)nn2)CN1. The Balaban J connectivity index is 2.16. The first-order chi connectivity index (χ1) is 6.60. The molecule has 1 aliphatic rings. The number of alkyl halides is 1. The van der Waals surface area contributed by atoms with Crippen molar-refractivity contribution in [2.24, 2.45) is 7.05 Å². The van der Waals surface area contributed by atoms with Crippen LogP contribution in [0.1, 0.15) is 25.5 Å². The highest BCUT2D eigenvalue weighted by Gasteiger charge is 2.38. The molecule has 0 radical (unpaired) electrons. The zero-order valence-corrected chi connectivity index (χ0v) is 8.50. The van der Waals surface area contributed by atoms with Crippen LogP contribution in [0.4, 0.5) is 4.39 Å². The fourth-order valence-corrected chi connectivity index (χ4v) is 1.74. The number of rotatable bonds is 1. The lowest BCUT2D eigenvalue weighted by molar-refractivity contribution is 0.101. The van der Waals surface area contributed by atoms with Crippen molar-refractivity contribution in [3.8, 4) is 0 Å².